The third-order valence-corrected chi connectivity index (χ3v) is 4.82. The molecule has 6 nitrogen and oxygen atoms in total. The standard InChI is InChI=1S/C21H23F3N2O4/c22-21(23,24)14-29-13-16-8-6-15(7-9-16)12-25-19(27)17-4-1-2-10-26(17)20(28)18-5-3-11-30-18/h3,5-9,11,17H,1-2,4,10,12-14H2,(H,25,27). The number of nitrogens with one attached hydrogen (secondary N) is 1. The van der Waals surface area contributed by atoms with E-state index in [0.29, 0.717) is 18.5 Å². The van der Waals surface area contributed by atoms with E-state index >= 15 is 0 Å². The van der Waals surface area contributed by atoms with Gasteiger partial charge >= 0.3 is 6.18 Å². The minimum absolute atomic E-state index is 0.141. The highest BCUT2D eigenvalue weighted by molar-refractivity contribution is 5.95. The fourth-order valence-electron chi connectivity index (χ4n) is 3.33. The highest BCUT2D eigenvalue weighted by Gasteiger charge is 2.33. The normalized spacial score (nSPS) is 17.0. The zero-order valence-corrected chi connectivity index (χ0v) is 16.3. The second kappa shape index (κ2) is 9.80. The van der Waals surface area contributed by atoms with Gasteiger partial charge in [-0.25, -0.2) is 0 Å². The Hall–Kier alpha value is -2.81. The number of halogens is 3. The molecule has 2 amide bonds. The summed E-state index contributed by atoms with van der Waals surface area (Å²) in [5, 5.41) is 2.84. The van der Waals surface area contributed by atoms with Crippen molar-refractivity contribution in [2.45, 2.75) is 44.6 Å². The zero-order valence-electron chi connectivity index (χ0n) is 16.3. The number of amides is 2. The molecule has 0 radical (unpaired) electrons. The summed E-state index contributed by atoms with van der Waals surface area (Å²) in [4.78, 5) is 26.8. The SMILES string of the molecule is O=C(NCc1ccc(COCC(F)(F)F)cc1)C1CCCCN1C(=O)c1ccco1. The third kappa shape index (κ3) is 6.09. The quantitative estimate of drug-likeness (QED) is 0.736. The van der Waals surface area contributed by atoms with Gasteiger partial charge in [0, 0.05) is 13.1 Å². The number of rotatable bonds is 7. The van der Waals surface area contributed by atoms with Gasteiger partial charge in [0.2, 0.25) is 5.91 Å². The van der Waals surface area contributed by atoms with Crippen LogP contribution in [-0.2, 0) is 22.7 Å². The summed E-state index contributed by atoms with van der Waals surface area (Å²) in [5.41, 5.74) is 1.40. The van der Waals surface area contributed by atoms with Crippen LogP contribution in [0.5, 0.6) is 0 Å². The molecular formula is C21H23F3N2O4. The first kappa shape index (κ1) is 21.9. The molecule has 1 aliphatic rings. The Kier molecular flexibility index (Phi) is 7.15. The average molecular weight is 424 g/mol. The number of carbonyl (C=O) groups is 2. The van der Waals surface area contributed by atoms with Crippen molar-refractivity contribution in [3.63, 3.8) is 0 Å². The number of benzene rings is 1. The largest absolute Gasteiger partial charge is 0.459 e. The minimum Gasteiger partial charge on any atom is -0.459 e. The Morgan fingerprint density at radius 1 is 1.13 bits per heavy atom. The molecule has 30 heavy (non-hydrogen) atoms. The van der Waals surface area contributed by atoms with Crippen LogP contribution < -0.4 is 5.32 Å². The van der Waals surface area contributed by atoms with Crippen molar-refractivity contribution in [1.29, 1.82) is 0 Å². The van der Waals surface area contributed by atoms with Crippen LogP contribution in [0.15, 0.2) is 47.1 Å². The van der Waals surface area contributed by atoms with E-state index in [-0.39, 0.29) is 30.7 Å². The lowest BCUT2D eigenvalue weighted by atomic mass is 10.0. The van der Waals surface area contributed by atoms with Crippen molar-refractivity contribution in [2.75, 3.05) is 13.2 Å². The van der Waals surface area contributed by atoms with Crippen LogP contribution in [-0.4, -0.2) is 42.1 Å². The Morgan fingerprint density at radius 2 is 1.87 bits per heavy atom. The van der Waals surface area contributed by atoms with Crippen molar-refractivity contribution in [2.24, 2.45) is 0 Å². The molecule has 1 N–H and O–H groups in total. The Labute approximate surface area is 172 Å². The molecule has 3 rings (SSSR count). The summed E-state index contributed by atoms with van der Waals surface area (Å²) in [6, 6.07) is 9.40. The first-order valence-electron chi connectivity index (χ1n) is 9.68. The molecule has 0 aliphatic carbocycles. The van der Waals surface area contributed by atoms with Crippen LogP contribution >= 0.6 is 0 Å². The highest BCUT2D eigenvalue weighted by Crippen LogP contribution is 2.20. The molecule has 162 valence electrons. The summed E-state index contributed by atoms with van der Waals surface area (Å²) in [7, 11) is 0. The zero-order chi connectivity index (χ0) is 21.6. The van der Waals surface area contributed by atoms with Gasteiger partial charge < -0.3 is 19.4 Å². The summed E-state index contributed by atoms with van der Waals surface area (Å²) >= 11 is 0. The van der Waals surface area contributed by atoms with Gasteiger partial charge in [-0.1, -0.05) is 24.3 Å². The first-order chi connectivity index (χ1) is 14.3. The van der Waals surface area contributed by atoms with Gasteiger partial charge in [0.1, 0.15) is 12.6 Å². The molecule has 2 heterocycles. The molecule has 0 bridgehead atoms. The van der Waals surface area contributed by atoms with Crippen molar-refractivity contribution >= 4 is 11.8 Å². The number of ether oxygens (including phenoxy) is 1. The van der Waals surface area contributed by atoms with Crippen LogP contribution in [0.3, 0.4) is 0 Å². The van der Waals surface area contributed by atoms with Crippen molar-refractivity contribution in [3.05, 3.63) is 59.5 Å². The van der Waals surface area contributed by atoms with E-state index in [1.807, 2.05) is 0 Å². The molecule has 1 aromatic heterocycles. The minimum atomic E-state index is -4.35. The van der Waals surface area contributed by atoms with Crippen LogP contribution in [0.4, 0.5) is 13.2 Å². The maximum Gasteiger partial charge on any atom is 0.411 e. The molecule has 0 spiro atoms. The molecule has 1 atom stereocenters. The number of likely N-dealkylation sites (tertiary alicyclic amines) is 1. The van der Waals surface area contributed by atoms with Crippen LogP contribution in [0.1, 0.15) is 40.9 Å². The van der Waals surface area contributed by atoms with E-state index in [0.717, 1.165) is 18.4 Å². The number of carbonyl (C=O) groups excluding carboxylic acids is 2. The molecule has 0 saturated carbocycles. The molecule has 1 aliphatic heterocycles. The van der Waals surface area contributed by atoms with E-state index in [9.17, 15) is 22.8 Å². The maximum atomic E-state index is 12.7. The number of nitrogens with zero attached hydrogens (tertiary/aromatic N) is 1. The van der Waals surface area contributed by atoms with Crippen LogP contribution in [0.2, 0.25) is 0 Å². The van der Waals surface area contributed by atoms with E-state index in [1.54, 1.807) is 41.3 Å². The predicted octanol–water partition coefficient (Wildman–Crippen LogP) is 3.67. The van der Waals surface area contributed by atoms with Crippen LogP contribution in [0.25, 0.3) is 0 Å². The fourth-order valence-corrected chi connectivity index (χ4v) is 3.33. The molecule has 1 saturated heterocycles. The monoisotopic (exact) mass is 424 g/mol. The average Bonchev–Trinajstić information content (AvgIpc) is 3.26. The Balaban J connectivity index is 1.52. The van der Waals surface area contributed by atoms with Gasteiger partial charge in [-0.3, -0.25) is 9.59 Å². The van der Waals surface area contributed by atoms with Crippen molar-refractivity contribution in [3.8, 4) is 0 Å². The lowest BCUT2D eigenvalue weighted by molar-refractivity contribution is -0.176. The van der Waals surface area contributed by atoms with Gasteiger partial charge in [-0.05, 0) is 42.5 Å². The summed E-state index contributed by atoms with van der Waals surface area (Å²) in [5.74, 6) is -0.340. The summed E-state index contributed by atoms with van der Waals surface area (Å²) in [6.45, 7) is -0.691. The van der Waals surface area contributed by atoms with Crippen LogP contribution in [0, 0.1) is 0 Å². The van der Waals surface area contributed by atoms with Gasteiger partial charge in [0.15, 0.2) is 5.76 Å². The first-order valence-corrected chi connectivity index (χ1v) is 9.68. The third-order valence-electron chi connectivity index (χ3n) is 4.82. The highest BCUT2D eigenvalue weighted by atomic mass is 19.4. The Morgan fingerprint density at radius 3 is 2.53 bits per heavy atom. The molecule has 9 heteroatoms. The second-order valence-electron chi connectivity index (χ2n) is 7.13. The number of alkyl halides is 3. The summed E-state index contributed by atoms with van der Waals surface area (Å²) in [6.07, 6.45) is -0.672. The van der Waals surface area contributed by atoms with E-state index in [2.05, 4.69) is 10.1 Å². The molecular weight excluding hydrogens is 401 g/mol. The second-order valence-corrected chi connectivity index (χ2v) is 7.13. The lowest BCUT2D eigenvalue weighted by Gasteiger charge is -2.34. The van der Waals surface area contributed by atoms with Crippen molar-refractivity contribution < 1.29 is 31.9 Å². The number of hydrogen-bond donors (Lipinski definition) is 1. The topological polar surface area (TPSA) is 71.8 Å². The van der Waals surface area contributed by atoms with Gasteiger partial charge in [-0.2, -0.15) is 13.2 Å². The molecule has 1 aromatic carbocycles. The molecule has 1 unspecified atom stereocenters. The van der Waals surface area contributed by atoms with Gasteiger partial charge in [0.05, 0.1) is 12.9 Å². The number of hydrogen-bond acceptors (Lipinski definition) is 4. The van der Waals surface area contributed by atoms with E-state index in [1.165, 1.54) is 6.26 Å². The van der Waals surface area contributed by atoms with E-state index < -0.39 is 18.8 Å². The number of piperidine rings is 1. The van der Waals surface area contributed by atoms with E-state index in [4.69, 9.17) is 4.42 Å². The number of furan rings is 1. The maximum absolute atomic E-state index is 12.7. The summed E-state index contributed by atoms with van der Waals surface area (Å²) < 4.78 is 46.1. The lowest BCUT2D eigenvalue weighted by Crippen LogP contribution is -2.51. The predicted molar refractivity (Wildman–Crippen MR) is 101 cm³/mol. The fraction of sp³-hybridized carbons (Fsp3) is 0.429. The molecule has 2 aromatic rings. The Bertz CT molecular complexity index is 835. The smallest absolute Gasteiger partial charge is 0.411 e. The van der Waals surface area contributed by atoms with Gasteiger partial charge in [0.25, 0.3) is 5.91 Å². The van der Waals surface area contributed by atoms with Crippen molar-refractivity contribution in [1.82, 2.24) is 10.2 Å². The van der Waals surface area contributed by atoms with Gasteiger partial charge in [-0.15, -0.1) is 0 Å². The molecule has 1 fully saturated rings.